The van der Waals surface area contributed by atoms with Gasteiger partial charge in [-0.2, -0.15) is 10.1 Å². The molecule has 0 saturated carbocycles. The van der Waals surface area contributed by atoms with E-state index in [2.05, 4.69) is 55.6 Å². The molecule has 5 nitrogen and oxygen atoms in total. The van der Waals surface area contributed by atoms with Crippen LogP contribution in [0, 0.1) is 0 Å². The van der Waals surface area contributed by atoms with Crippen molar-refractivity contribution < 1.29 is 4.42 Å². The first-order chi connectivity index (χ1) is 10.3. The van der Waals surface area contributed by atoms with Crippen molar-refractivity contribution in [3.05, 3.63) is 64.8 Å². The first kappa shape index (κ1) is 12.6. The number of nitrogens with zero attached hydrogens (tertiary/aromatic N) is 3. The van der Waals surface area contributed by atoms with E-state index in [1.807, 2.05) is 16.8 Å². The van der Waals surface area contributed by atoms with Crippen LogP contribution >= 0.6 is 15.9 Å². The molecule has 106 valence electrons. The highest BCUT2D eigenvalue weighted by Gasteiger charge is 2.31. The molecule has 3 heterocycles. The molecule has 1 aliphatic rings. The number of furan rings is 1. The minimum absolute atomic E-state index is 0.0624. The lowest BCUT2D eigenvalue weighted by molar-refractivity contribution is 0.358. The monoisotopic (exact) mass is 344 g/mol. The topological polar surface area (TPSA) is 55.9 Å². The molecular weight excluding hydrogens is 332 g/mol. The smallest absolute Gasteiger partial charge is 0.222 e. The molecule has 0 saturated heterocycles. The van der Waals surface area contributed by atoms with Gasteiger partial charge in [0.25, 0.3) is 0 Å². The van der Waals surface area contributed by atoms with E-state index in [4.69, 9.17) is 4.42 Å². The van der Waals surface area contributed by atoms with Gasteiger partial charge < -0.3 is 9.73 Å². The number of benzene rings is 1. The Morgan fingerprint density at radius 2 is 2.10 bits per heavy atom. The van der Waals surface area contributed by atoms with Crippen LogP contribution in [0.3, 0.4) is 0 Å². The van der Waals surface area contributed by atoms with Crippen molar-refractivity contribution >= 4 is 21.9 Å². The number of aromatic nitrogens is 3. The normalized spacial score (nSPS) is 20.8. The molecule has 0 aliphatic carbocycles. The van der Waals surface area contributed by atoms with Crippen molar-refractivity contribution in [2.75, 3.05) is 5.32 Å². The minimum Gasteiger partial charge on any atom is -0.467 e. The van der Waals surface area contributed by atoms with E-state index in [-0.39, 0.29) is 12.1 Å². The summed E-state index contributed by atoms with van der Waals surface area (Å²) in [5.74, 6) is 1.68. The molecule has 0 radical (unpaired) electrons. The third-order valence-electron chi connectivity index (χ3n) is 3.77. The first-order valence-electron chi connectivity index (χ1n) is 6.76. The second-order valence-electron chi connectivity index (χ2n) is 5.04. The van der Waals surface area contributed by atoms with Gasteiger partial charge in [-0.1, -0.05) is 28.1 Å². The van der Waals surface area contributed by atoms with E-state index in [9.17, 15) is 0 Å². The zero-order valence-corrected chi connectivity index (χ0v) is 12.7. The first-order valence-corrected chi connectivity index (χ1v) is 7.55. The molecule has 1 aromatic carbocycles. The Labute approximate surface area is 130 Å². The quantitative estimate of drug-likeness (QED) is 0.768. The van der Waals surface area contributed by atoms with Gasteiger partial charge in [-0.25, -0.2) is 4.68 Å². The number of rotatable bonds is 2. The zero-order valence-electron chi connectivity index (χ0n) is 11.1. The molecule has 1 aliphatic heterocycles. The number of fused-ring (bicyclic) bond motifs is 1. The average molecular weight is 345 g/mol. The van der Waals surface area contributed by atoms with Crippen molar-refractivity contribution in [1.82, 2.24) is 14.8 Å². The van der Waals surface area contributed by atoms with Gasteiger partial charge >= 0.3 is 0 Å². The summed E-state index contributed by atoms with van der Waals surface area (Å²) in [6.07, 6.45) is 4.14. The third kappa shape index (κ3) is 2.25. The van der Waals surface area contributed by atoms with Gasteiger partial charge in [0.15, 0.2) is 0 Å². The largest absolute Gasteiger partial charge is 0.467 e. The summed E-state index contributed by atoms with van der Waals surface area (Å²) < 4.78 is 8.54. The molecule has 0 bridgehead atoms. The molecule has 4 rings (SSSR count). The van der Waals surface area contributed by atoms with Crippen LogP contribution in [0.5, 0.6) is 0 Å². The Morgan fingerprint density at radius 3 is 2.86 bits per heavy atom. The Hall–Kier alpha value is -2.08. The number of halogens is 1. The molecule has 0 spiro atoms. The van der Waals surface area contributed by atoms with Crippen LogP contribution in [0.1, 0.15) is 29.8 Å². The predicted molar refractivity (Wildman–Crippen MR) is 82.0 cm³/mol. The standard InChI is InChI=1S/C15H13BrN4O/c16-11-5-3-10(4-6-11)12-8-13(14-2-1-7-21-14)20-15(19-12)17-9-18-20/h1-7,9,12-13H,8H2,(H,17,18,19). The van der Waals surface area contributed by atoms with Crippen molar-refractivity contribution in [3.63, 3.8) is 0 Å². The number of nitrogens with one attached hydrogen (secondary N) is 1. The highest BCUT2D eigenvalue weighted by molar-refractivity contribution is 9.10. The summed E-state index contributed by atoms with van der Waals surface area (Å²) in [6, 6.07) is 12.5. The summed E-state index contributed by atoms with van der Waals surface area (Å²) in [4.78, 5) is 4.30. The number of anilines is 1. The molecule has 2 unspecified atom stereocenters. The molecule has 1 N–H and O–H groups in total. The van der Waals surface area contributed by atoms with Crippen LogP contribution in [0.15, 0.2) is 57.9 Å². The van der Waals surface area contributed by atoms with Gasteiger partial charge in [-0.15, -0.1) is 0 Å². The van der Waals surface area contributed by atoms with Crippen LogP contribution in [0.25, 0.3) is 0 Å². The SMILES string of the molecule is Brc1ccc(C2CC(c3ccco3)n3ncnc3N2)cc1. The number of hydrogen-bond acceptors (Lipinski definition) is 4. The maximum Gasteiger partial charge on any atom is 0.222 e. The van der Waals surface area contributed by atoms with E-state index in [0.717, 1.165) is 22.6 Å². The molecule has 2 aromatic heterocycles. The molecule has 0 fully saturated rings. The molecule has 0 amide bonds. The van der Waals surface area contributed by atoms with Gasteiger partial charge in [0.2, 0.25) is 5.95 Å². The summed E-state index contributed by atoms with van der Waals surface area (Å²) >= 11 is 3.47. The van der Waals surface area contributed by atoms with Gasteiger partial charge in [-0.3, -0.25) is 0 Å². The van der Waals surface area contributed by atoms with Gasteiger partial charge in [0.05, 0.1) is 12.3 Å². The summed E-state index contributed by atoms with van der Waals surface area (Å²) in [6.45, 7) is 0. The fourth-order valence-corrected chi connectivity index (χ4v) is 3.02. The zero-order chi connectivity index (χ0) is 14.2. The summed E-state index contributed by atoms with van der Waals surface area (Å²) in [5, 5.41) is 7.75. The minimum atomic E-state index is 0.0624. The molecule has 21 heavy (non-hydrogen) atoms. The summed E-state index contributed by atoms with van der Waals surface area (Å²) in [7, 11) is 0. The molecule has 2 atom stereocenters. The van der Waals surface area contributed by atoms with E-state index >= 15 is 0 Å². The van der Waals surface area contributed by atoms with E-state index in [1.54, 1.807) is 12.6 Å². The predicted octanol–water partition coefficient (Wildman–Crippen LogP) is 3.78. The van der Waals surface area contributed by atoms with Crippen LogP contribution in [0.2, 0.25) is 0 Å². The van der Waals surface area contributed by atoms with E-state index in [1.165, 1.54) is 5.56 Å². The second kappa shape index (κ2) is 5.04. The third-order valence-corrected chi connectivity index (χ3v) is 4.30. The Morgan fingerprint density at radius 1 is 1.24 bits per heavy atom. The van der Waals surface area contributed by atoms with Crippen LogP contribution < -0.4 is 5.32 Å². The molecule has 6 heteroatoms. The number of hydrogen-bond donors (Lipinski definition) is 1. The van der Waals surface area contributed by atoms with Gasteiger partial charge in [-0.05, 0) is 29.8 Å². The van der Waals surface area contributed by atoms with E-state index < -0.39 is 0 Å². The highest BCUT2D eigenvalue weighted by Crippen LogP contribution is 2.37. The van der Waals surface area contributed by atoms with Crippen LogP contribution in [-0.2, 0) is 0 Å². The fraction of sp³-hybridized carbons (Fsp3) is 0.200. The lowest BCUT2D eigenvalue weighted by Gasteiger charge is -2.30. The molecular formula is C15H13BrN4O. The van der Waals surface area contributed by atoms with Crippen LogP contribution in [-0.4, -0.2) is 14.8 Å². The second-order valence-corrected chi connectivity index (χ2v) is 5.96. The maximum atomic E-state index is 5.58. The van der Waals surface area contributed by atoms with Crippen LogP contribution in [0.4, 0.5) is 5.95 Å². The highest BCUT2D eigenvalue weighted by atomic mass is 79.9. The Balaban J connectivity index is 1.72. The van der Waals surface area contributed by atoms with Crippen molar-refractivity contribution in [3.8, 4) is 0 Å². The average Bonchev–Trinajstić information content (AvgIpc) is 3.18. The van der Waals surface area contributed by atoms with Crippen molar-refractivity contribution in [2.45, 2.75) is 18.5 Å². The fourth-order valence-electron chi connectivity index (χ4n) is 2.75. The lowest BCUT2D eigenvalue weighted by Crippen LogP contribution is -2.27. The lowest BCUT2D eigenvalue weighted by atomic mass is 9.96. The van der Waals surface area contributed by atoms with Gasteiger partial charge in [0.1, 0.15) is 18.1 Å². The Kier molecular flexibility index (Phi) is 3.03. The summed E-state index contributed by atoms with van der Waals surface area (Å²) in [5.41, 5.74) is 1.23. The van der Waals surface area contributed by atoms with Crippen molar-refractivity contribution in [2.24, 2.45) is 0 Å². The Bertz CT molecular complexity index is 735. The molecule has 3 aromatic rings. The van der Waals surface area contributed by atoms with E-state index in [0.29, 0.717) is 0 Å². The van der Waals surface area contributed by atoms with Crippen molar-refractivity contribution in [1.29, 1.82) is 0 Å². The maximum absolute atomic E-state index is 5.58. The van der Waals surface area contributed by atoms with Gasteiger partial charge in [0, 0.05) is 10.9 Å².